The highest BCUT2D eigenvalue weighted by molar-refractivity contribution is 7.18. The van der Waals surface area contributed by atoms with Gasteiger partial charge in [-0.25, -0.2) is 4.98 Å². The van der Waals surface area contributed by atoms with Crippen LogP contribution in [0.25, 0.3) is 10.2 Å². The summed E-state index contributed by atoms with van der Waals surface area (Å²) in [6.45, 7) is 1.23. The minimum Gasteiger partial charge on any atom is -0.497 e. The number of thiazole rings is 1. The number of carbonyl (C=O) groups is 1. The van der Waals surface area contributed by atoms with Gasteiger partial charge in [0, 0.05) is 23.9 Å². The number of anilines is 1. The van der Waals surface area contributed by atoms with Crippen LogP contribution < -0.4 is 14.8 Å². The zero-order valence-corrected chi connectivity index (χ0v) is 16.8. The van der Waals surface area contributed by atoms with E-state index in [9.17, 15) is 4.79 Å². The van der Waals surface area contributed by atoms with Crippen molar-refractivity contribution in [1.82, 2.24) is 9.88 Å². The second-order valence-electron chi connectivity index (χ2n) is 6.80. The van der Waals surface area contributed by atoms with Crippen LogP contribution in [0.5, 0.6) is 11.5 Å². The summed E-state index contributed by atoms with van der Waals surface area (Å²) in [6.07, 6.45) is 2.10. The van der Waals surface area contributed by atoms with Gasteiger partial charge in [-0.05, 0) is 31.5 Å². The molecule has 146 valence electrons. The van der Waals surface area contributed by atoms with Crippen LogP contribution in [0.15, 0.2) is 42.5 Å². The molecule has 1 aromatic heterocycles. The Hall–Kier alpha value is -2.64. The minimum atomic E-state index is -0.0525. The zero-order chi connectivity index (χ0) is 19.5. The molecule has 1 saturated heterocycles. The Labute approximate surface area is 168 Å². The van der Waals surface area contributed by atoms with Crippen molar-refractivity contribution in [3.8, 4) is 11.5 Å². The highest BCUT2D eigenvalue weighted by atomic mass is 32.1. The highest BCUT2D eigenvalue weighted by Gasteiger charge is 2.30. The Morgan fingerprint density at radius 3 is 2.68 bits per heavy atom. The van der Waals surface area contributed by atoms with Crippen LogP contribution in [0.1, 0.15) is 23.9 Å². The van der Waals surface area contributed by atoms with Crippen LogP contribution in [0.3, 0.4) is 0 Å². The number of fused-ring (bicyclic) bond motifs is 1. The van der Waals surface area contributed by atoms with Gasteiger partial charge in [0.2, 0.25) is 5.91 Å². The average Bonchev–Trinajstić information content (AvgIpc) is 3.33. The predicted molar refractivity (Wildman–Crippen MR) is 111 cm³/mol. The number of ether oxygens (including phenoxy) is 2. The summed E-state index contributed by atoms with van der Waals surface area (Å²) in [5.74, 6) is 1.23. The smallest absolute Gasteiger partial charge is 0.238 e. The summed E-state index contributed by atoms with van der Waals surface area (Å²) >= 11 is 1.72. The molecule has 1 aliphatic heterocycles. The van der Waals surface area contributed by atoms with Crippen molar-refractivity contribution in [3.05, 3.63) is 47.5 Å². The van der Waals surface area contributed by atoms with Crippen molar-refractivity contribution in [3.63, 3.8) is 0 Å². The van der Waals surface area contributed by atoms with E-state index in [1.807, 2.05) is 18.2 Å². The van der Waals surface area contributed by atoms with Gasteiger partial charge >= 0.3 is 0 Å². The normalized spacial score (nSPS) is 17.0. The van der Waals surface area contributed by atoms with Crippen molar-refractivity contribution in [1.29, 1.82) is 0 Å². The Morgan fingerprint density at radius 1 is 1.21 bits per heavy atom. The number of methoxy groups -OCH3 is 2. The molecule has 2 aromatic carbocycles. The SMILES string of the molecule is COc1cc(NC(=O)CN2CCCC2c2nc3ccccc3s2)cc(OC)c1. The number of amides is 1. The first kappa shape index (κ1) is 18.7. The molecule has 1 unspecified atom stereocenters. The second-order valence-corrected chi connectivity index (χ2v) is 7.86. The number of hydrogen-bond acceptors (Lipinski definition) is 6. The lowest BCUT2D eigenvalue weighted by molar-refractivity contribution is -0.117. The number of hydrogen-bond donors (Lipinski definition) is 1. The number of aromatic nitrogens is 1. The quantitative estimate of drug-likeness (QED) is 0.679. The molecule has 7 heteroatoms. The summed E-state index contributed by atoms with van der Waals surface area (Å²) in [7, 11) is 3.18. The molecule has 2 heterocycles. The fourth-order valence-corrected chi connectivity index (χ4v) is 4.73. The van der Waals surface area contributed by atoms with E-state index in [1.54, 1.807) is 43.8 Å². The second kappa shape index (κ2) is 8.16. The maximum Gasteiger partial charge on any atom is 0.238 e. The van der Waals surface area contributed by atoms with E-state index in [2.05, 4.69) is 16.3 Å². The Bertz CT molecular complexity index is 933. The number of nitrogens with one attached hydrogen (secondary N) is 1. The molecule has 1 amide bonds. The van der Waals surface area contributed by atoms with Crippen molar-refractivity contribution in [2.24, 2.45) is 0 Å². The van der Waals surface area contributed by atoms with Crippen LogP contribution >= 0.6 is 11.3 Å². The third-order valence-corrected chi connectivity index (χ3v) is 6.08. The van der Waals surface area contributed by atoms with Gasteiger partial charge in [-0.1, -0.05) is 12.1 Å². The number of rotatable bonds is 6. The number of para-hydroxylation sites is 1. The van der Waals surface area contributed by atoms with E-state index in [4.69, 9.17) is 14.5 Å². The van der Waals surface area contributed by atoms with E-state index >= 15 is 0 Å². The number of likely N-dealkylation sites (tertiary alicyclic amines) is 1. The number of nitrogens with zero attached hydrogens (tertiary/aromatic N) is 2. The first-order chi connectivity index (χ1) is 13.7. The number of benzene rings is 2. The van der Waals surface area contributed by atoms with Crippen molar-refractivity contribution in [2.75, 3.05) is 32.6 Å². The molecule has 0 radical (unpaired) electrons. The minimum absolute atomic E-state index is 0.0525. The van der Waals surface area contributed by atoms with Crippen LogP contribution in [-0.2, 0) is 4.79 Å². The third-order valence-electron chi connectivity index (χ3n) is 4.94. The summed E-state index contributed by atoms with van der Waals surface area (Å²) in [5.41, 5.74) is 1.69. The molecule has 0 bridgehead atoms. The Balaban J connectivity index is 1.46. The maximum atomic E-state index is 12.7. The van der Waals surface area contributed by atoms with E-state index < -0.39 is 0 Å². The highest BCUT2D eigenvalue weighted by Crippen LogP contribution is 2.36. The van der Waals surface area contributed by atoms with Gasteiger partial charge in [-0.3, -0.25) is 9.69 Å². The third kappa shape index (κ3) is 3.95. The largest absolute Gasteiger partial charge is 0.497 e. The Morgan fingerprint density at radius 2 is 1.96 bits per heavy atom. The van der Waals surface area contributed by atoms with Crippen LogP contribution in [0.4, 0.5) is 5.69 Å². The van der Waals surface area contributed by atoms with Crippen molar-refractivity contribution in [2.45, 2.75) is 18.9 Å². The topological polar surface area (TPSA) is 63.7 Å². The van der Waals surface area contributed by atoms with E-state index in [0.717, 1.165) is 29.9 Å². The molecular formula is C21H23N3O3S. The molecular weight excluding hydrogens is 374 g/mol. The first-order valence-corrected chi connectivity index (χ1v) is 10.1. The van der Waals surface area contributed by atoms with Gasteiger partial charge in [-0.2, -0.15) is 0 Å². The lowest BCUT2D eigenvalue weighted by Crippen LogP contribution is -2.32. The maximum absolute atomic E-state index is 12.7. The molecule has 1 fully saturated rings. The molecule has 1 atom stereocenters. The van der Waals surface area contributed by atoms with Gasteiger partial charge in [0.1, 0.15) is 16.5 Å². The molecule has 0 saturated carbocycles. The molecule has 1 aliphatic rings. The number of carbonyl (C=O) groups excluding carboxylic acids is 1. The first-order valence-electron chi connectivity index (χ1n) is 9.28. The molecule has 6 nitrogen and oxygen atoms in total. The van der Waals surface area contributed by atoms with Gasteiger partial charge in [0.15, 0.2) is 0 Å². The monoisotopic (exact) mass is 397 g/mol. The molecule has 28 heavy (non-hydrogen) atoms. The molecule has 4 rings (SSSR count). The van der Waals surface area contributed by atoms with E-state index in [0.29, 0.717) is 23.7 Å². The van der Waals surface area contributed by atoms with Crippen molar-refractivity contribution >= 4 is 33.1 Å². The standard InChI is InChI=1S/C21H23N3O3S/c1-26-15-10-14(11-16(12-15)27-2)22-20(25)13-24-9-5-7-18(24)21-23-17-6-3-4-8-19(17)28-21/h3-4,6,8,10-12,18H,5,7,9,13H2,1-2H3,(H,22,25). The summed E-state index contributed by atoms with van der Waals surface area (Å²) in [4.78, 5) is 19.7. The predicted octanol–water partition coefficient (Wildman–Crippen LogP) is 4.09. The summed E-state index contributed by atoms with van der Waals surface area (Å²) < 4.78 is 11.7. The van der Waals surface area contributed by atoms with E-state index in [-0.39, 0.29) is 11.9 Å². The zero-order valence-electron chi connectivity index (χ0n) is 16.0. The van der Waals surface area contributed by atoms with Crippen LogP contribution in [0.2, 0.25) is 0 Å². The van der Waals surface area contributed by atoms with Gasteiger partial charge in [0.05, 0.1) is 37.0 Å². The van der Waals surface area contributed by atoms with Gasteiger partial charge in [0.25, 0.3) is 0 Å². The molecule has 1 N–H and O–H groups in total. The summed E-state index contributed by atoms with van der Waals surface area (Å²) in [5, 5.41) is 4.05. The fraction of sp³-hybridized carbons (Fsp3) is 0.333. The lowest BCUT2D eigenvalue weighted by Gasteiger charge is -2.22. The fourth-order valence-electron chi connectivity index (χ4n) is 3.59. The average molecular weight is 398 g/mol. The van der Waals surface area contributed by atoms with E-state index in [1.165, 1.54) is 4.70 Å². The summed E-state index contributed by atoms with van der Waals surface area (Å²) in [6, 6.07) is 13.7. The van der Waals surface area contributed by atoms with Gasteiger partial charge < -0.3 is 14.8 Å². The van der Waals surface area contributed by atoms with Crippen LogP contribution in [0, 0.1) is 0 Å². The Kier molecular flexibility index (Phi) is 5.45. The molecule has 0 aliphatic carbocycles. The lowest BCUT2D eigenvalue weighted by atomic mass is 10.2. The van der Waals surface area contributed by atoms with Crippen LogP contribution in [-0.4, -0.2) is 43.1 Å². The van der Waals surface area contributed by atoms with Gasteiger partial charge in [-0.15, -0.1) is 11.3 Å². The molecule has 3 aromatic rings. The molecule has 0 spiro atoms. The van der Waals surface area contributed by atoms with Crippen molar-refractivity contribution < 1.29 is 14.3 Å².